The van der Waals surface area contributed by atoms with Crippen LogP contribution in [0.4, 0.5) is 5.69 Å². The summed E-state index contributed by atoms with van der Waals surface area (Å²) in [6.07, 6.45) is 3.46. The lowest BCUT2D eigenvalue weighted by Crippen LogP contribution is -2.29. The number of para-hydroxylation sites is 1. The summed E-state index contributed by atoms with van der Waals surface area (Å²) in [5.41, 5.74) is 3.00. The number of anilines is 1. The summed E-state index contributed by atoms with van der Waals surface area (Å²) in [5, 5.41) is 2.69. The van der Waals surface area contributed by atoms with Crippen molar-refractivity contribution in [3.8, 4) is 5.75 Å². The van der Waals surface area contributed by atoms with Crippen LogP contribution >= 0.6 is 0 Å². The Hall–Kier alpha value is -2.81. The smallest absolute Gasteiger partial charge is 0.311 e. The summed E-state index contributed by atoms with van der Waals surface area (Å²) >= 11 is 0. The van der Waals surface area contributed by atoms with E-state index in [1.165, 1.54) is 22.0 Å². The van der Waals surface area contributed by atoms with E-state index in [9.17, 15) is 4.79 Å². The Morgan fingerprint density at radius 3 is 2.52 bits per heavy atom. The Balaban J connectivity index is 1.30. The number of fused-ring (bicyclic) bond motifs is 3. The third kappa shape index (κ3) is 4.29. The highest BCUT2D eigenvalue weighted by Gasteiger charge is 2.36. The Labute approximate surface area is 173 Å². The highest BCUT2D eigenvalue weighted by atomic mass is 16.5. The summed E-state index contributed by atoms with van der Waals surface area (Å²) in [4.78, 5) is 14.5. The van der Waals surface area contributed by atoms with Crippen LogP contribution in [-0.4, -0.2) is 19.1 Å². The van der Waals surface area contributed by atoms with Crippen molar-refractivity contribution in [1.29, 1.82) is 0 Å². The van der Waals surface area contributed by atoms with Crippen LogP contribution in [0.15, 0.2) is 66.7 Å². The minimum Gasteiger partial charge on any atom is -0.427 e. The molecule has 3 aromatic rings. The Morgan fingerprint density at radius 2 is 1.69 bits per heavy atom. The molecular formula is C26H29NO2. The van der Waals surface area contributed by atoms with Gasteiger partial charge in [0.1, 0.15) is 5.75 Å². The van der Waals surface area contributed by atoms with Crippen molar-refractivity contribution < 1.29 is 9.53 Å². The molecule has 0 fully saturated rings. The van der Waals surface area contributed by atoms with Gasteiger partial charge in [-0.25, -0.2) is 0 Å². The van der Waals surface area contributed by atoms with Gasteiger partial charge in [-0.05, 0) is 47.4 Å². The zero-order valence-electron chi connectivity index (χ0n) is 17.4. The summed E-state index contributed by atoms with van der Waals surface area (Å²) in [5.74, 6) is 0.482. The van der Waals surface area contributed by atoms with Crippen molar-refractivity contribution in [3.05, 3.63) is 72.3 Å². The second kappa shape index (κ2) is 8.28. The molecule has 0 aliphatic carbocycles. The molecule has 3 aromatic carbocycles. The van der Waals surface area contributed by atoms with E-state index in [2.05, 4.69) is 55.1 Å². The van der Waals surface area contributed by atoms with Gasteiger partial charge in [-0.1, -0.05) is 68.8 Å². The quantitative estimate of drug-likeness (QED) is 0.278. The first-order chi connectivity index (χ1) is 14.0. The molecule has 0 N–H and O–H groups in total. The molecule has 1 aliphatic rings. The SMILES string of the molecule is CC1(C)CN(CCCCCC(=O)Oc2ccccc2)c2ccc3ccccc3c21. The Morgan fingerprint density at radius 1 is 0.931 bits per heavy atom. The monoisotopic (exact) mass is 387 g/mol. The lowest BCUT2D eigenvalue weighted by Gasteiger charge is -2.22. The molecule has 0 saturated heterocycles. The van der Waals surface area contributed by atoms with E-state index in [1.54, 1.807) is 0 Å². The van der Waals surface area contributed by atoms with Crippen molar-refractivity contribution in [2.24, 2.45) is 0 Å². The zero-order valence-corrected chi connectivity index (χ0v) is 17.4. The molecular weight excluding hydrogens is 358 g/mol. The average Bonchev–Trinajstić information content (AvgIpc) is 2.99. The van der Waals surface area contributed by atoms with E-state index < -0.39 is 0 Å². The first-order valence-corrected chi connectivity index (χ1v) is 10.6. The van der Waals surface area contributed by atoms with E-state index >= 15 is 0 Å². The fraction of sp³-hybridized carbons (Fsp3) is 0.346. The van der Waals surface area contributed by atoms with Crippen LogP contribution in [0, 0.1) is 0 Å². The zero-order chi connectivity index (χ0) is 20.3. The van der Waals surface area contributed by atoms with E-state index in [-0.39, 0.29) is 11.4 Å². The number of esters is 1. The number of hydrogen-bond acceptors (Lipinski definition) is 3. The number of rotatable bonds is 7. The molecule has 29 heavy (non-hydrogen) atoms. The molecule has 3 nitrogen and oxygen atoms in total. The van der Waals surface area contributed by atoms with Crippen LogP contribution in [0.25, 0.3) is 10.8 Å². The van der Waals surface area contributed by atoms with Gasteiger partial charge in [0.25, 0.3) is 0 Å². The molecule has 1 aliphatic heterocycles. The molecule has 0 spiro atoms. The van der Waals surface area contributed by atoms with Gasteiger partial charge in [0.05, 0.1) is 0 Å². The largest absolute Gasteiger partial charge is 0.427 e. The van der Waals surface area contributed by atoms with Crippen molar-refractivity contribution >= 4 is 22.4 Å². The Kier molecular flexibility index (Phi) is 5.57. The third-order valence-corrected chi connectivity index (χ3v) is 5.79. The number of hydrogen-bond donors (Lipinski definition) is 0. The lowest BCUT2D eigenvalue weighted by molar-refractivity contribution is -0.134. The van der Waals surface area contributed by atoms with Gasteiger partial charge in [-0.3, -0.25) is 4.79 Å². The van der Waals surface area contributed by atoms with Gasteiger partial charge < -0.3 is 9.64 Å². The van der Waals surface area contributed by atoms with Crippen LogP contribution in [0.5, 0.6) is 5.75 Å². The van der Waals surface area contributed by atoms with Crippen LogP contribution in [0.2, 0.25) is 0 Å². The summed E-state index contributed by atoms with van der Waals surface area (Å²) in [6, 6.07) is 22.5. The summed E-state index contributed by atoms with van der Waals surface area (Å²) in [6.45, 7) is 6.77. The topological polar surface area (TPSA) is 29.5 Å². The van der Waals surface area contributed by atoms with Gasteiger partial charge in [0, 0.05) is 30.6 Å². The molecule has 0 atom stereocenters. The maximum atomic E-state index is 12.0. The van der Waals surface area contributed by atoms with Crippen LogP contribution in [0.1, 0.15) is 45.1 Å². The van der Waals surface area contributed by atoms with E-state index in [0.29, 0.717) is 12.2 Å². The average molecular weight is 388 g/mol. The number of benzene rings is 3. The van der Waals surface area contributed by atoms with Gasteiger partial charge in [-0.15, -0.1) is 0 Å². The lowest BCUT2D eigenvalue weighted by atomic mass is 9.84. The van der Waals surface area contributed by atoms with E-state index in [4.69, 9.17) is 4.74 Å². The van der Waals surface area contributed by atoms with Gasteiger partial charge >= 0.3 is 5.97 Å². The number of unbranched alkanes of at least 4 members (excludes halogenated alkanes) is 2. The van der Waals surface area contributed by atoms with E-state index in [0.717, 1.165) is 32.4 Å². The van der Waals surface area contributed by atoms with Crippen LogP contribution in [-0.2, 0) is 10.2 Å². The standard InChI is InChI=1S/C26H29NO2/c1-26(2)19-27(23-17-16-20-11-8-9-14-22(20)25(23)26)18-10-4-7-15-24(28)29-21-12-5-3-6-13-21/h3,5-6,8-9,11-14,16-17H,4,7,10,15,18-19H2,1-2H3. The molecule has 3 heteroatoms. The Bertz CT molecular complexity index is 994. The first-order valence-electron chi connectivity index (χ1n) is 10.6. The predicted molar refractivity (Wildman–Crippen MR) is 120 cm³/mol. The van der Waals surface area contributed by atoms with Crippen molar-refractivity contribution in [2.45, 2.75) is 44.9 Å². The first kappa shape index (κ1) is 19.5. The second-order valence-corrected chi connectivity index (χ2v) is 8.58. The van der Waals surface area contributed by atoms with Crippen molar-refractivity contribution in [1.82, 2.24) is 0 Å². The maximum absolute atomic E-state index is 12.0. The number of nitrogens with zero attached hydrogens (tertiary/aromatic N) is 1. The highest BCUT2D eigenvalue weighted by molar-refractivity contribution is 5.92. The number of carbonyl (C=O) groups excluding carboxylic acids is 1. The third-order valence-electron chi connectivity index (χ3n) is 5.79. The minimum atomic E-state index is -0.143. The van der Waals surface area contributed by atoms with Crippen LogP contribution < -0.4 is 9.64 Å². The van der Waals surface area contributed by atoms with Gasteiger partial charge in [0.15, 0.2) is 0 Å². The molecule has 150 valence electrons. The van der Waals surface area contributed by atoms with E-state index in [1.807, 2.05) is 30.3 Å². The highest BCUT2D eigenvalue weighted by Crippen LogP contribution is 2.44. The fourth-order valence-electron chi connectivity index (χ4n) is 4.50. The molecule has 0 unspecified atom stereocenters. The normalized spacial score (nSPS) is 14.8. The molecule has 0 bridgehead atoms. The maximum Gasteiger partial charge on any atom is 0.311 e. The number of carbonyl (C=O) groups is 1. The van der Waals surface area contributed by atoms with Crippen LogP contribution in [0.3, 0.4) is 0 Å². The molecule has 0 saturated carbocycles. The summed E-state index contributed by atoms with van der Waals surface area (Å²) in [7, 11) is 0. The molecule has 1 heterocycles. The molecule has 0 radical (unpaired) electrons. The molecule has 4 rings (SSSR count). The van der Waals surface area contributed by atoms with Crippen molar-refractivity contribution in [3.63, 3.8) is 0 Å². The summed E-state index contributed by atoms with van der Waals surface area (Å²) < 4.78 is 5.36. The predicted octanol–water partition coefficient (Wildman–Crippen LogP) is 6.10. The minimum absolute atomic E-state index is 0.143. The van der Waals surface area contributed by atoms with Crippen molar-refractivity contribution in [2.75, 3.05) is 18.0 Å². The fourth-order valence-corrected chi connectivity index (χ4v) is 4.50. The number of ether oxygens (including phenoxy) is 1. The van der Waals surface area contributed by atoms with Gasteiger partial charge in [-0.2, -0.15) is 0 Å². The second-order valence-electron chi connectivity index (χ2n) is 8.58. The van der Waals surface area contributed by atoms with Gasteiger partial charge in [0.2, 0.25) is 0 Å². The molecule has 0 amide bonds. The molecule has 0 aromatic heterocycles.